The molecule has 0 heterocycles. The van der Waals surface area contributed by atoms with Crippen LogP contribution < -0.4 is 14.8 Å². The fraction of sp³-hybridized carbons (Fsp3) is 0.250. The molecule has 0 atom stereocenters. The van der Waals surface area contributed by atoms with Crippen LogP contribution in [-0.2, 0) is 14.3 Å². The lowest BCUT2D eigenvalue weighted by molar-refractivity contribution is -0.119. The Morgan fingerprint density at radius 2 is 1.46 bits per heavy atom. The quantitative estimate of drug-likeness (QED) is 0.695. The van der Waals surface area contributed by atoms with Gasteiger partial charge >= 0.3 is 11.9 Å². The largest absolute Gasteiger partial charge is 0.496 e. The van der Waals surface area contributed by atoms with Gasteiger partial charge in [-0.05, 0) is 43.3 Å². The Kier molecular flexibility index (Phi) is 7.38. The summed E-state index contributed by atoms with van der Waals surface area (Å²) < 4.78 is 20.2. The molecule has 0 aliphatic heterocycles. The number of carbonyl (C=O) groups excluding carboxylic acids is 3. The van der Waals surface area contributed by atoms with Crippen molar-refractivity contribution in [2.75, 3.05) is 32.8 Å². The summed E-state index contributed by atoms with van der Waals surface area (Å²) in [5, 5.41) is 2.57. The summed E-state index contributed by atoms with van der Waals surface area (Å²) >= 11 is 0. The van der Waals surface area contributed by atoms with Crippen LogP contribution in [0.4, 0.5) is 5.69 Å². The van der Waals surface area contributed by atoms with Gasteiger partial charge in [0.15, 0.2) is 6.61 Å². The van der Waals surface area contributed by atoms with Gasteiger partial charge in [0, 0.05) is 5.69 Å². The molecule has 0 unspecified atom stereocenters. The summed E-state index contributed by atoms with van der Waals surface area (Å²) in [7, 11) is 2.83. The first-order chi connectivity index (χ1) is 13.5. The monoisotopic (exact) mass is 387 g/mol. The van der Waals surface area contributed by atoms with E-state index in [0.29, 0.717) is 11.3 Å². The summed E-state index contributed by atoms with van der Waals surface area (Å²) in [4.78, 5) is 36.0. The molecule has 0 bridgehead atoms. The number of hydrogen-bond acceptors (Lipinski definition) is 7. The van der Waals surface area contributed by atoms with Crippen molar-refractivity contribution < 1.29 is 33.3 Å². The summed E-state index contributed by atoms with van der Waals surface area (Å²) in [6.07, 6.45) is 0. The molecule has 0 fully saturated rings. The van der Waals surface area contributed by atoms with E-state index < -0.39 is 24.5 Å². The van der Waals surface area contributed by atoms with Gasteiger partial charge in [0.05, 0.1) is 26.4 Å². The first-order valence-electron chi connectivity index (χ1n) is 8.45. The molecule has 0 saturated carbocycles. The summed E-state index contributed by atoms with van der Waals surface area (Å²) in [6, 6.07) is 11.0. The molecule has 0 saturated heterocycles. The molecule has 0 aliphatic carbocycles. The Morgan fingerprint density at radius 3 is 2.00 bits per heavy atom. The number of methoxy groups -OCH3 is 2. The van der Waals surface area contributed by atoms with Gasteiger partial charge in [-0.1, -0.05) is 6.07 Å². The molecule has 1 N–H and O–H groups in total. The fourth-order valence-corrected chi connectivity index (χ4v) is 2.36. The Labute approximate surface area is 162 Å². The number of esters is 2. The van der Waals surface area contributed by atoms with Crippen LogP contribution in [0.5, 0.6) is 11.5 Å². The third-order valence-corrected chi connectivity index (χ3v) is 3.65. The SMILES string of the molecule is CCOC(=O)c1ccc(NC(=O)COC(=O)c2c(OC)cccc2OC)cc1. The summed E-state index contributed by atoms with van der Waals surface area (Å²) in [6.45, 7) is 1.49. The number of anilines is 1. The number of amides is 1. The number of carbonyl (C=O) groups is 3. The highest BCUT2D eigenvalue weighted by molar-refractivity contribution is 5.98. The maximum atomic E-state index is 12.3. The van der Waals surface area contributed by atoms with E-state index in [1.54, 1.807) is 37.3 Å². The minimum Gasteiger partial charge on any atom is -0.496 e. The first-order valence-corrected chi connectivity index (χ1v) is 8.45. The van der Waals surface area contributed by atoms with Crippen molar-refractivity contribution in [1.29, 1.82) is 0 Å². The zero-order valence-corrected chi connectivity index (χ0v) is 15.8. The zero-order valence-electron chi connectivity index (χ0n) is 15.8. The van der Waals surface area contributed by atoms with Crippen LogP contribution in [0.2, 0.25) is 0 Å². The topological polar surface area (TPSA) is 100 Å². The minimum absolute atomic E-state index is 0.0964. The molecule has 1 amide bonds. The Morgan fingerprint density at radius 1 is 0.857 bits per heavy atom. The maximum absolute atomic E-state index is 12.3. The van der Waals surface area contributed by atoms with Gasteiger partial charge in [-0.3, -0.25) is 4.79 Å². The zero-order chi connectivity index (χ0) is 20.5. The van der Waals surface area contributed by atoms with E-state index >= 15 is 0 Å². The van der Waals surface area contributed by atoms with Gasteiger partial charge in [0.25, 0.3) is 5.91 Å². The highest BCUT2D eigenvalue weighted by atomic mass is 16.5. The molecular formula is C20H21NO7. The van der Waals surface area contributed by atoms with Crippen LogP contribution >= 0.6 is 0 Å². The first kappa shape index (κ1) is 20.8. The van der Waals surface area contributed by atoms with Gasteiger partial charge in [0.1, 0.15) is 17.1 Å². The molecule has 2 aromatic rings. The van der Waals surface area contributed by atoms with Gasteiger partial charge in [-0.2, -0.15) is 0 Å². The Balaban J connectivity index is 1.96. The summed E-state index contributed by atoms with van der Waals surface area (Å²) in [5.41, 5.74) is 0.914. The van der Waals surface area contributed by atoms with Crippen molar-refractivity contribution >= 4 is 23.5 Å². The highest BCUT2D eigenvalue weighted by Gasteiger charge is 2.20. The second kappa shape index (κ2) is 9.96. The maximum Gasteiger partial charge on any atom is 0.346 e. The average molecular weight is 387 g/mol. The van der Waals surface area contributed by atoms with Crippen LogP contribution in [0.3, 0.4) is 0 Å². The molecule has 0 radical (unpaired) electrons. The van der Waals surface area contributed by atoms with Crippen molar-refractivity contribution in [3.63, 3.8) is 0 Å². The second-order valence-electron chi connectivity index (χ2n) is 5.46. The van der Waals surface area contributed by atoms with Crippen LogP contribution in [0, 0.1) is 0 Å². The lowest BCUT2D eigenvalue weighted by Gasteiger charge is -2.12. The fourth-order valence-electron chi connectivity index (χ4n) is 2.36. The van der Waals surface area contributed by atoms with E-state index in [2.05, 4.69) is 5.32 Å². The van der Waals surface area contributed by atoms with E-state index in [-0.39, 0.29) is 23.7 Å². The predicted molar refractivity (Wildman–Crippen MR) is 101 cm³/mol. The van der Waals surface area contributed by atoms with Gasteiger partial charge in [-0.15, -0.1) is 0 Å². The normalized spacial score (nSPS) is 9.96. The second-order valence-corrected chi connectivity index (χ2v) is 5.46. The molecule has 0 spiro atoms. The number of benzene rings is 2. The number of rotatable bonds is 8. The lowest BCUT2D eigenvalue weighted by Crippen LogP contribution is -2.21. The average Bonchev–Trinajstić information content (AvgIpc) is 2.72. The molecular weight excluding hydrogens is 366 g/mol. The Bertz CT molecular complexity index is 824. The third kappa shape index (κ3) is 5.23. The summed E-state index contributed by atoms with van der Waals surface area (Å²) in [5.74, 6) is -1.17. The number of nitrogens with one attached hydrogen (secondary N) is 1. The van der Waals surface area contributed by atoms with E-state index in [9.17, 15) is 14.4 Å². The van der Waals surface area contributed by atoms with Gasteiger partial charge < -0.3 is 24.3 Å². The van der Waals surface area contributed by atoms with Crippen molar-refractivity contribution in [3.05, 3.63) is 53.6 Å². The van der Waals surface area contributed by atoms with Crippen molar-refractivity contribution in [3.8, 4) is 11.5 Å². The molecule has 8 nitrogen and oxygen atoms in total. The van der Waals surface area contributed by atoms with E-state index in [1.165, 1.54) is 26.4 Å². The van der Waals surface area contributed by atoms with Crippen LogP contribution in [0.25, 0.3) is 0 Å². The van der Waals surface area contributed by atoms with Gasteiger partial charge in [0.2, 0.25) is 0 Å². The van der Waals surface area contributed by atoms with E-state index in [1.807, 2.05) is 0 Å². The molecule has 0 aliphatic rings. The van der Waals surface area contributed by atoms with Crippen molar-refractivity contribution in [2.45, 2.75) is 6.92 Å². The molecule has 0 aromatic heterocycles. The van der Waals surface area contributed by atoms with Crippen molar-refractivity contribution in [2.24, 2.45) is 0 Å². The number of hydrogen-bond donors (Lipinski definition) is 1. The highest BCUT2D eigenvalue weighted by Crippen LogP contribution is 2.28. The van der Waals surface area contributed by atoms with E-state index in [0.717, 1.165) is 0 Å². The lowest BCUT2D eigenvalue weighted by atomic mass is 10.2. The molecule has 8 heteroatoms. The van der Waals surface area contributed by atoms with Gasteiger partial charge in [-0.25, -0.2) is 9.59 Å². The number of ether oxygens (including phenoxy) is 4. The molecule has 2 rings (SSSR count). The third-order valence-electron chi connectivity index (χ3n) is 3.65. The standard InChI is InChI=1S/C20H21NO7/c1-4-27-19(23)13-8-10-14(11-9-13)21-17(22)12-28-20(24)18-15(25-2)6-5-7-16(18)26-3/h5-11H,4,12H2,1-3H3,(H,21,22). The predicted octanol–water partition coefficient (Wildman–Crippen LogP) is 2.68. The van der Waals surface area contributed by atoms with Crippen LogP contribution in [0.1, 0.15) is 27.6 Å². The van der Waals surface area contributed by atoms with Crippen LogP contribution in [-0.4, -0.2) is 45.3 Å². The van der Waals surface area contributed by atoms with Crippen LogP contribution in [0.15, 0.2) is 42.5 Å². The van der Waals surface area contributed by atoms with Crippen molar-refractivity contribution in [1.82, 2.24) is 0 Å². The van der Waals surface area contributed by atoms with E-state index in [4.69, 9.17) is 18.9 Å². The minimum atomic E-state index is -0.748. The smallest absolute Gasteiger partial charge is 0.346 e. The Hall–Kier alpha value is -3.55. The molecule has 148 valence electrons. The molecule has 2 aromatic carbocycles. The molecule has 28 heavy (non-hydrogen) atoms.